The van der Waals surface area contributed by atoms with E-state index in [-0.39, 0.29) is 0 Å². The fourth-order valence-corrected chi connectivity index (χ4v) is 1.26. The number of aryl methyl sites for hydroxylation is 1. The van der Waals surface area contributed by atoms with Crippen LogP contribution in [0.1, 0.15) is 11.1 Å². The molecule has 0 aliphatic heterocycles. The zero-order chi connectivity index (χ0) is 9.84. The molecule has 0 spiro atoms. The van der Waals surface area contributed by atoms with Gasteiger partial charge in [0, 0.05) is 19.7 Å². The Morgan fingerprint density at radius 2 is 2.00 bits per heavy atom. The molecule has 0 aliphatic rings. The molecule has 0 saturated heterocycles. The maximum Gasteiger partial charge on any atom is 0.154 e. The number of hydroxylamine groups is 2. The highest BCUT2D eigenvalue weighted by Crippen LogP contribution is 2.09. The van der Waals surface area contributed by atoms with E-state index in [0.29, 0.717) is 5.84 Å². The van der Waals surface area contributed by atoms with Gasteiger partial charge in [-0.2, -0.15) is 0 Å². The number of benzene rings is 1. The van der Waals surface area contributed by atoms with Crippen LogP contribution in [-0.2, 0) is 0 Å². The number of amidine groups is 1. The summed E-state index contributed by atoms with van der Waals surface area (Å²) in [5.74, 6) is 0.582. The van der Waals surface area contributed by atoms with Crippen LogP contribution in [0.5, 0.6) is 0 Å². The number of rotatable bonds is 1. The minimum absolute atomic E-state index is 0.582. The molecule has 0 heterocycles. The van der Waals surface area contributed by atoms with Crippen LogP contribution in [0.3, 0.4) is 0 Å². The van der Waals surface area contributed by atoms with Crippen molar-refractivity contribution in [1.29, 1.82) is 0 Å². The van der Waals surface area contributed by atoms with Crippen molar-refractivity contribution in [3.05, 3.63) is 35.4 Å². The van der Waals surface area contributed by atoms with Crippen molar-refractivity contribution in [1.82, 2.24) is 5.06 Å². The number of hydrogen-bond donors (Lipinski definition) is 1. The van der Waals surface area contributed by atoms with E-state index in [4.69, 9.17) is 0 Å². The Morgan fingerprint density at radius 3 is 2.46 bits per heavy atom. The third-order valence-corrected chi connectivity index (χ3v) is 1.90. The molecule has 1 aromatic rings. The van der Waals surface area contributed by atoms with Gasteiger partial charge in [0.2, 0.25) is 0 Å². The summed E-state index contributed by atoms with van der Waals surface area (Å²) in [5.41, 5.74) is 2.05. The van der Waals surface area contributed by atoms with Crippen LogP contribution in [0.4, 0.5) is 0 Å². The predicted molar refractivity (Wildman–Crippen MR) is 53.2 cm³/mol. The highest BCUT2D eigenvalue weighted by Gasteiger charge is 2.07. The first-order valence-corrected chi connectivity index (χ1v) is 4.12. The van der Waals surface area contributed by atoms with E-state index in [2.05, 4.69) is 4.99 Å². The zero-order valence-corrected chi connectivity index (χ0v) is 8.15. The topological polar surface area (TPSA) is 35.8 Å². The number of hydrogen-bond acceptors (Lipinski definition) is 2. The average molecular weight is 178 g/mol. The molecule has 0 saturated carbocycles. The third-order valence-electron chi connectivity index (χ3n) is 1.90. The lowest BCUT2D eigenvalue weighted by molar-refractivity contribution is 0.0141. The van der Waals surface area contributed by atoms with Crippen LogP contribution < -0.4 is 0 Å². The van der Waals surface area contributed by atoms with Gasteiger partial charge >= 0.3 is 0 Å². The first-order chi connectivity index (χ1) is 6.16. The lowest BCUT2D eigenvalue weighted by atomic mass is 10.1. The van der Waals surface area contributed by atoms with Crippen LogP contribution in [0.15, 0.2) is 29.3 Å². The maximum absolute atomic E-state index is 9.29. The van der Waals surface area contributed by atoms with Gasteiger partial charge in [0.05, 0.1) is 0 Å². The van der Waals surface area contributed by atoms with Crippen LogP contribution in [0, 0.1) is 6.92 Å². The molecule has 70 valence electrons. The molecular weight excluding hydrogens is 164 g/mol. The van der Waals surface area contributed by atoms with E-state index in [1.54, 1.807) is 14.1 Å². The molecule has 1 rings (SSSR count). The molecule has 3 heteroatoms. The molecule has 0 aromatic heterocycles. The van der Waals surface area contributed by atoms with Crippen LogP contribution in [0.2, 0.25) is 0 Å². The Morgan fingerprint density at radius 1 is 1.38 bits per heavy atom. The summed E-state index contributed by atoms with van der Waals surface area (Å²) in [7, 11) is 3.23. The van der Waals surface area contributed by atoms with Crippen LogP contribution >= 0.6 is 0 Å². The second-order valence-electron chi connectivity index (χ2n) is 2.89. The molecule has 0 unspecified atom stereocenters. The molecule has 1 aromatic carbocycles. The standard InChI is InChI=1S/C10H14N2O/c1-8-6-4-5-7-9(8)10(11-2)12(3)13/h4-7,13H,1-3H3. The van der Waals surface area contributed by atoms with Gasteiger partial charge in [-0.15, -0.1) is 0 Å². The summed E-state index contributed by atoms with van der Waals surface area (Å²) in [6, 6.07) is 7.81. The van der Waals surface area contributed by atoms with Crippen molar-refractivity contribution in [2.75, 3.05) is 14.1 Å². The number of aliphatic imine (C=N–C) groups is 1. The van der Waals surface area contributed by atoms with Crippen molar-refractivity contribution < 1.29 is 5.21 Å². The molecular formula is C10H14N2O. The molecule has 0 aliphatic carbocycles. The van der Waals surface area contributed by atoms with E-state index >= 15 is 0 Å². The lowest BCUT2D eigenvalue weighted by Crippen LogP contribution is -2.24. The van der Waals surface area contributed by atoms with Crippen molar-refractivity contribution in [3.8, 4) is 0 Å². The molecule has 3 nitrogen and oxygen atoms in total. The lowest BCUT2D eigenvalue weighted by Gasteiger charge is -2.14. The second-order valence-corrected chi connectivity index (χ2v) is 2.89. The number of nitrogens with zero attached hydrogens (tertiary/aromatic N) is 2. The normalized spacial score (nSPS) is 11.5. The van der Waals surface area contributed by atoms with Gasteiger partial charge in [-0.25, -0.2) is 5.06 Å². The maximum atomic E-state index is 9.29. The monoisotopic (exact) mass is 178 g/mol. The summed E-state index contributed by atoms with van der Waals surface area (Å²) < 4.78 is 0. The van der Waals surface area contributed by atoms with Crippen LogP contribution in [0.25, 0.3) is 0 Å². The smallest absolute Gasteiger partial charge is 0.154 e. The van der Waals surface area contributed by atoms with Crippen LogP contribution in [-0.4, -0.2) is 30.2 Å². The van der Waals surface area contributed by atoms with Crippen molar-refractivity contribution in [3.63, 3.8) is 0 Å². The zero-order valence-electron chi connectivity index (χ0n) is 8.15. The molecule has 0 amide bonds. The Kier molecular flexibility index (Phi) is 3.03. The minimum Gasteiger partial charge on any atom is -0.287 e. The first kappa shape index (κ1) is 9.74. The fraction of sp³-hybridized carbons (Fsp3) is 0.300. The van der Waals surface area contributed by atoms with Gasteiger partial charge in [-0.1, -0.05) is 24.3 Å². The predicted octanol–water partition coefficient (Wildman–Crippen LogP) is 1.69. The van der Waals surface area contributed by atoms with Gasteiger partial charge in [-0.3, -0.25) is 10.2 Å². The molecule has 1 N–H and O–H groups in total. The Hall–Kier alpha value is -1.35. The van der Waals surface area contributed by atoms with Gasteiger partial charge in [0.25, 0.3) is 0 Å². The fourth-order valence-electron chi connectivity index (χ4n) is 1.26. The second kappa shape index (κ2) is 4.05. The summed E-state index contributed by atoms with van der Waals surface area (Å²) in [6.45, 7) is 1.99. The molecule has 0 radical (unpaired) electrons. The SMILES string of the molecule is CN=C(c1ccccc1C)N(C)O. The van der Waals surface area contributed by atoms with E-state index in [9.17, 15) is 5.21 Å². The largest absolute Gasteiger partial charge is 0.287 e. The minimum atomic E-state index is 0.582. The van der Waals surface area contributed by atoms with Gasteiger partial charge in [0.1, 0.15) is 0 Å². The molecule has 13 heavy (non-hydrogen) atoms. The van der Waals surface area contributed by atoms with E-state index < -0.39 is 0 Å². The summed E-state index contributed by atoms with van der Waals surface area (Å²) in [4.78, 5) is 4.01. The van der Waals surface area contributed by atoms with E-state index in [0.717, 1.165) is 16.2 Å². The van der Waals surface area contributed by atoms with E-state index in [1.807, 2.05) is 31.2 Å². The van der Waals surface area contributed by atoms with E-state index in [1.165, 1.54) is 0 Å². The Bertz CT molecular complexity index is 318. The van der Waals surface area contributed by atoms with Gasteiger partial charge in [0.15, 0.2) is 5.84 Å². The summed E-state index contributed by atoms with van der Waals surface area (Å²) in [5, 5.41) is 10.3. The Labute approximate surface area is 78.3 Å². The highest BCUT2D eigenvalue weighted by molar-refractivity contribution is 5.99. The van der Waals surface area contributed by atoms with Gasteiger partial charge in [-0.05, 0) is 12.5 Å². The van der Waals surface area contributed by atoms with Crippen molar-refractivity contribution in [2.45, 2.75) is 6.92 Å². The molecule has 0 atom stereocenters. The summed E-state index contributed by atoms with van der Waals surface area (Å²) in [6.07, 6.45) is 0. The quantitative estimate of drug-likeness (QED) is 0.403. The molecule has 0 bridgehead atoms. The first-order valence-electron chi connectivity index (χ1n) is 4.12. The highest BCUT2D eigenvalue weighted by atomic mass is 16.5. The van der Waals surface area contributed by atoms with Crippen molar-refractivity contribution >= 4 is 5.84 Å². The van der Waals surface area contributed by atoms with Crippen molar-refractivity contribution in [2.24, 2.45) is 4.99 Å². The Balaban J connectivity index is 3.13. The summed E-state index contributed by atoms with van der Waals surface area (Å²) >= 11 is 0. The average Bonchev–Trinajstić information content (AvgIpc) is 2.09. The van der Waals surface area contributed by atoms with Gasteiger partial charge < -0.3 is 0 Å². The third kappa shape index (κ3) is 2.06. The molecule has 0 fully saturated rings.